The van der Waals surface area contributed by atoms with Crippen molar-refractivity contribution in [3.8, 4) is 0 Å². The quantitative estimate of drug-likeness (QED) is 0.204. The van der Waals surface area contributed by atoms with Crippen LogP contribution in [0.5, 0.6) is 0 Å². The van der Waals surface area contributed by atoms with Crippen LogP contribution >= 0.6 is 0 Å². The Balaban J connectivity index is 1.64. The van der Waals surface area contributed by atoms with Crippen molar-refractivity contribution in [3.05, 3.63) is 71.8 Å². The van der Waals surface area contributed by atoms with Crippen molar-refractivity contribution in [1.82, 2.24) is 9.80 Å². The number of ether oxygens (including phenoxy) is 2. The van der Waals surface area contributed by atoms with Crippen molar-refractivity contribution in [2.75, 3.05) is 6.26 Å². The molecule has 0 unspecified atom stereocenters. The number of nitrogens with zero attached hydrogens (tertiary/aromatic N) is 3. The monoisotopic (exact) mass is 613 g/mol. The van der Waals surface area contributed by atoms with Gasteiger partial charge in [0.05, 0.1) is 12.4 Å². The van der Waals surface area contributed by atoms with Crippen molar-refractivity contribution < 1.29 is 31.7 Å². The average Bonchev–Trinajstić information content (AvgIpc) is 3.37. The second-order valence-corrected chi connectivity index (χ2v) is 13.0. The maximum atomic E-state index is 13.8. The van der Waals surface area contributed by atoms with Gasteiger partial charge in [-0.25, -0.2) is 14.5 Å². The molecular formula is C32H43N3O7S. The number of guanidine groups is 1. The Labute approximate surface area is 255 Å². The Hall–Kier alpha value is -3.44. The van der Waals surface area contributed by atoms with E-state index in [1.807, 2.05) is 65.6 Å². The van der Waals surface area contributed by atoms with Crippen molar-refractivity contribution in [1.29, 1.82) is 0 Å². The molecule has 2 heterocycles. The van der Waals surface area contributed by atoms with E-state index in [9.17, 15) is 18.0 Å². The molecule has 0 spiro atoms. The fraction of sp³-hybridized carbons (Fsp3) is 0.531. The lowest BCUT2D eigenvalue weighted by Gasteiger charge is -2.46. The Kier molecular flexibility index (Phi) is 11.6. The summed E-state index contributed by atoms with van der Waals surface area (Å²) in [5, 5.41) is 0. The fourth-order valence-electron chi connectivity index (χ4n) is 6.02. The van der Waals surface area contributed by atoms with Crippen LogP contribution in [0.3, 0.4) is 0 Å². The topological polar surface area (TPSA) is 115 Å². The minimum absolute atomic E-state index is 0.0286. The van der Waals surface area contributed by atoms with Crippen LogP contribution in [0.15, 0.2) is 65.7 Å². The molecule has 2 aromatic rings. The maximum Gasteiger partial charge on any atom is 0.437 e. The Morgan fingerprint density at radius 2 is 1.56 bits per heavy atom. The fourth-order valence-corrected chi connectivity index (χ4v) is 6.70. The van der Waals surface area contributed by atoms with E-state index in [-0.39, 0.29) is 37.3 Å². The molecule has 2 fully saturated rings. The van der Waals surface area contributed by atoms with Crippen molar-refractivity contribution in [2.24, 2.45) is 4.99 Å². The Bertz CT molecular complexity index is 1340. The van der Waals surface area contributed by atoms with Gasteiger partial charge in [0.25, 0.3) is 10.1 Å². The van der Waals surface area contributed by atoms with Crippen LogP contribution in [0.4, 0.5) is 9.59 Å². The number of carbonyl (C=O) groups is 2. The van der Waals surface area contributed by atoms with Crippen LogP contribution in [0.2, 0.25) is 0 Å². The van der Waals surface area contributed by atoms with Crippen LogP contribution in [0, 0.1) is 0 Å². The molecule has 234 valence electrons. The predicted octanol–water partition coefficient (Wildman–Crippen LogP) is 6.26. The summed E-state index contributed by atoms with van der Waals surface area (Å²) < 4.78 is 40.2. The summed E-state index contributed by atoms with van der Waals surface area (Å²) in [7, 11) is -3.65. The first kappa shape index (κ1) is 32.5. The van der Waals surface area contributed by atoms with Crippen molar-refractivity contribution in [2.45, 2.75) is 103 Å². The zero-order chi connectivity index (χ0) is 30.8. The lowest BCUT2D eigenvalue weighted by atomic mass is 9.96. The van der Waals surface area contributed by atoms with Gasteiger partial charge in [0, 0.05) is 18.1 Å². The van der Waals surface area contributed by atoms with Gasteiger partial charge in [-0.05, 0) is 50.2 Å². The molecule has 0 N–H and O–H groups in total. The number of unbranched alkanes of at least 4 members (excludes halogenated alkanes) is 2. The SMILES string of the molecule is CCCCC[C@@H]1C[C@@H]2CC[C@H](C[C@@H](C)OS(C)(=O)=O)N2/C(=N\C(=O)OCc2ccccc2)N1C(=O)OCc1ccccc1. The second kappa shape index (κ2) is 15.3. The molecule has 2 aliphatic heterocycles. The Morgan fingerprint density at radius 3 is 2.16 bits per heavy atom. The van der Waals surface area contributed by atoms with E-state index in [0.29, 0.717) is 12.8 Å². The van der Waals surface area contributed by atoms with Gasteiger partial charge in [-0.2, -0.15) is 8.42 Å². The van der Waals surface area contributed by atoms with Gasteiger partial charge in [0.1, 0.15) is 13.2 Å². The van der Waals surface area contributed by atoms with Gasteiger partial charge in [-0.1, -0.05) is 86.8 Å². The highest BCUT2D eigenvalue weighted by molar-refractivity contribution is 7.86. The van der Waals surface area contributed by atoms with Gasteiger partial charge in [0.2, 0.25) is 5.96 Å². The minimum Gasteiger partial charge on any atom is -0.444 e. The van der Waals surface area contributed by atoms with E-state index in [2.05, 4.69) is 11.9 Å². The average molecular weight is 614 g/mol. The number of rotatable bonds is 12. The van der Waals surface area contributed by atoms with Gasteiger partial charge in [0.15, 0.2) is 0 Å². The summed E-state index contributed by atoms with van der Waals surface area (Å²) >= 11 is 0. The lowest BCUT2D eigenvalue weighted by Crippen LogP contribution is -2.61. The molecule has 2 aliphatic rings. The summed E-state index contributed by atoms with van der Waals surface area (Å²) in [6.45, 7) is 3.96. The molecule has 2 aromatic carbocycles. The molecular weight excluding hydrogens is 570 g/mol. The molecule has 4 atom stereocenters. The van der Waals surface area contributed by atoms with Gasteiger partial charge in [-0.15, -0.1) is 4.99 Å². The van der Waals surface area contributed by atoms with E-state index >= 15 is 0 Å². The van der Waals surface area contributed by atoms with Crippen molar-refractivity contribution in [3.63, 3.8) is 0 Å². The summed E-state index contributed by atoms with van der Waals surface area (Å²) in [6, 6.07) is 18.4. The van der Waals surface area contributed by atoms with E-state index in [1.165, 1.54) is 4.90 Å². The summed E-state index contributed by atoms with van der Waals surface area (Å²) in [5.74, 6) is 0.197. The van der Waals surface area contributed by atoms with Gasteiger partial charge in [-0.3, -0.25) is 4.18 Å². The standard InChI is InChI=1S/C32H43N3O7S/c1-4-5-8-17-27-21-29-19-18-28(20-24(2)42-43(3,38)39)34(29)30(33-31(36)40-22-25-13-9-6-10-14-25)35(27)32(37)41-23-26-15-11-7-12-16-26/h6-7,9-16,24,27-29H,4-5,8,17-23H2,1-3H3/b33-30+/t24-,27-,28-,29+/m1/s1. The number of benzene rings is 2. The third-order valence-electron chi connectivity index (χ3n) is 7.86. The minimum atomic E-state index is -3.65. The number of aliphatic imine (C=N–C) groups is 1. The molecule has 0 aliphatic carbocycles. The molecule has 4 rings (SSSR count). The first-order chi connectivity index (χ1) is 20.6. The molecule has 2 amide bonds. The van der Waals surface area contributed by atoms with Gasteiger partial charge < -0.3 is 14.4 Å². The number of amides is 2. The number of hydrogen-bond acceptors (Lipinski definition) is 7. The predicted molar refractivity (Wildman–Crippen MR) is 164 cm³/mol. The Morgan fingerprint density at radius 1 is 0.930 bits per heavy atom. The molecule has 10 nitrogen and oxygen atoms in total. The highest BCUT2D eigenvalue weighted by Gasteiger charge is 2.48. The lowest BCUT2D eigenvalue weighted by molar-refractivity contribution is 0.0720. The largest absolute Gasteiger partial charge is 0.444 e. The van der Waals surface area contributed by atoms with Crippen LogP contribution in [0.25, 0.3) is 0 Å². The van der Waals surface area contributed by atoms with E-state index < -0.39 is 28.4 Å². The highest BCUT2D eigenvalue weighted by Crippen LogP contribution is 2.38. The van der Waals surface area contributed by atoms with Gasteiger partial charge >= 0.3 is 12.2 Å². The third-order valence-corrected chi connectivity index (χ3v) is 8.54. The van der Waals surface area contributed by atoms with E-state index in [1.54, 1.807) is 6.92 Å². The van der Waals surface area contributed by atoms with E-state index in [0.717, 1.165) is 55.9 Å². The second-order valence-electron chi connectivity index (χ2n) is 11.4. The molecule has 0 saturated carbocycles. The molecule has 0 aromatic heterocycles. The van der Waals surface area contributed by atoms with Crippen LogP contribution in [-0.4, -0.2) is 66.8 Å². The molecule has 43 heavy (non-hydrogen) atoms. The highest BCUT2D eigenvalue weighted by atomic mass is 32.2. The summed E-state index contributed by atoms with van der Waals surface area (Å²) in [4.78, 5) is 34.9. The van der Waals surface area contributed by atoms with Crippen LogP contribution in [-0.2, 0) is 37.0 Å². The van der Waals surface area contributed by atoms with Crippen molar-refractivity contribution >= 4 is 28.3 Å². The summed E-state index contributed by atoms with van der Waals surface area (Å²) in [5.41, 5.74) is 1.67. The van der Waals surface area contributed by atoms with Crippen LogP contribution < -0.4 is 0 Å². The molecule has 11 heteroatoms. The smallest absolute Gasteiger partial charge is 0.437 e. The van der Waals surface area contributed by atoms with Crippen LogP contribution in [0.1, 0.15) is 76.3 Å². The number of fused-ring (bicyclic) bond motifs is 1. The first-order valence-corrected chi connectivity index (χ1v) is 16.9. The number of carbonyl (C=O) groups excluding carboxylic acids is 2. The van der Waals surface area contributed by atoms with E-state index in [4.69, 9.17) is 13.7 Å². The first-order valence-electron chi connectivity index (χ1n) is 15.1. The molecule has 0 bridgehead atoms. The zero-order valence-corrected chi connectivity index (χ0v) is 26.1. The summed E-state index contributed by atoms with van der Waals surface area (Å²) in [6.07, 6.45) is 5.42. The molecule has 2 saturated heterocycles. The number of hydrogen-bond donors (Lipinski definition) is 0. The zero-order valence-electron chi connectivity index (χ0n) is 25.3. The third kappa shape index (κ3) is 9.53. The normalized spacial score (nSPS) is 21.8. The maximum absolute atomic E-state index is 13.8. The molecule has 0 radical (unpaired) electrons.